The van der Waals surface area contributed by atoms with Crippen LogP contribution < -0.4 is 22.3 Å². The molecular formula is C17H20N4O3. The van der Waals surface area contributed by atoms with Crippen LogP contribution in [0.5, 0.6) is 0 Å². The lowest BCUT2D eigenvalue weighted by molar-refractivity contribution is -0.125. The zero-order valence-corrected chi connectivity index (χ0v) is 13.2. The molecule has 0 bridgehead atoms. The third kappa shape index (κ3) is 4.09. The number of amides is 2. The Morgan fingerprint density at radius 1 is 1.00 bits per heavy atom. The van der Waals surface area contributed by atoms with E-state index in [0.717, 1.165) is 11.1 Å². The third-order valence-electron chi connectivity index (χ3n) is 3.58. The highest BCUT2D eigenvalue weighted by atomic mass is 16.3. The van der Waals surface area contributed by atoms with E-state index in [0.29, 0.717) is 11.3 Å². The summed E-state index contributed by atoms with van der Waals surface area (Å²) >= 11 is 0. The van der Waals surface area contributed by atoms with Gasteiger partial charge in [0.15, 0.2) is 0 Å². The van der Waals surface area contributed by atoms with Crippen molar-refractivity contribution >= 4 is 17.5 Å². The van der Waals surface area contributed by atoms with Crippen molar-refractivity contribution in [2.45, 2.75) is 19.1 Å². The number of nitrogen functional groups attached to an aromatic ring is 1. The molecule has 0 aliphatic rings. The Morgan fingerprint density at radius 3 is 1.96 bits per heavy atom. The molecule has 0 unspecified atom stereocenters. The average molecular weight is 328 g/mol. The largest absolute Gasteiger partial charge is 0.399 e. The SMILES string of the molecule is C[C@@H](O)[C@H](NC(=O)c1ccc(-c2ccc(N)cc2)cc1)C(=O)NN. The van der Waals surface area contributed by atoms with E-state index in [2.05, 4.69) is 5.32 Å². The van der Waals surface area contributed by atoms with Crippen molar-refractivity contribution in [3.05, 3.63) is 54.1 Å². The highest BCUT2D eigenvalue weighted by Crippen LogP contribution is 2.21. The van der Waals surface area contributed by atoms with E-state index >= 15 is 0 Å². The summed E-state index contributed by atoms with van der Waals surface area (Å²) in [6.45, 7) is 1.39. The van der Waals surface area contributed by atoms with Crippen LogP contribution in [0, 0.1) is 0 Å². The van der Waals surface area contributed by atoms with Crippen molar-refractivity contribution in [1.29, 1.82) is 0 Å². The number of benzene rings is 2. The zero-order valence-electron chi connectivity index (χ0n) is 13.2. The molecule has 0 saturated carbocycles. The lowest BCUT2D eigenvalue weighted by Crippen LogP contribution is -2.54. The maximum Gasteiger partial charge on any atom is 0.259 e. The van der Waals surface area contributed by atoms with Crippen molar-refractivity contribution in [3.63, 3.8) is 0 Å². The topological polar surface area (TPSA) is 130 Å². The van der Waals surface area contributed by atoms with Gasteiger partial charge in [-0.3, -0.25) is 15.0 Å². The van der Waals surface area contributed by atoms with Crippen molar-refractivity contribution in [2.75, 3.05) is 5.73 Å². The fraction of sp³-hybridized carbons (Fsp3) is 0.176. The van der Waals surface area contributed by atoms with E-state index < -0.39 is 24.0 Å². The summed E-state index contributed by atoms with van der Waals surface area (Å²) in [5, 5.41) is 12.0. The van der Waals surface area contributed by atoms with Crippen molar-refractivity contribution in [1.82, 2.24) is 10.7 Å². The molecule has 0 aromatic heterocycles. The van der Waals surface area contributed by atoms with Gasteiger partial charge in [0.25, 0.3) is 11.8 Å². The van der Waals surface area contributed by atoms with Crippen LogP contribution in [0.15, 0.2) is 48.5 Å². The first-order valence-corrected chi connectivity index (χ1v) is 7.37. The summed E-state index contributed by atoms with van der Waals surface area (Å²) in [6, 6.07) is 13.1. The molecule has 2 amide bonds. The molecular weight excluding hydrogens is 308 g/mol. The highest BCUT2D eigenvalue weighted by molar-refractivity contribution is 5.98. The maximum atomic E-state index is 12.2. The normalized spacial score (nSPS) is 13.0. The number of carbonyl (C=O) groups is 2. The standard InChI is InChI=1S/C17H20N4O3/c1-10(22)15(17(24)21-19)20-16(23)13-4-2-11(3-5-13)12-6-8-14(18)9-7-12/h2-10,15,22H,18-19H2,1H3,(H,20,23)(H,21,24)/t10-,15+/m1/s1. The molecule has 0 saturated heterocycles. The van der Waals surface area contributed by atoms with Crippen LogP contribution in [0.4, 0.5) is 5.69 Å². The first-order valence-electron chi connectivity index (χ1n) is 7.37. The van der Waals surface area contributed by atoms with Gasteiger partial charge in [-0.1, -0.05) is 24.3 Å². The van der Waals surface area contributed by atoms with Crippen LogP contribution in [-0.2, 0) is 4.79 Å². The van der Waals surface area contributed by atoms with Gasteiger partial charge in [0.05, 0.1) is 6.10 Å². The molecule has 7 N–H and O–H groups in total. The van der Waals surface area contributed by atoms with Gasteiger partial charge in [-0.15, -0.1) is 0 Å². The molecule has 24 heavy (non-hydrogen) atoms. The van der Waals surface area contributed by atoms with Gasteiger partial charge in [0.2, 0.25) is 0 Å². The number of rotatable bonds is 5. The zero-order chi connectivity index (χ0) is 17.7. The molecule has 2 aromatic carbocycles. The van der Waals surface area contributed by atoms with E-state index in [9.17, 15) is 14.7 Å². The summed E-state index contributed by atoms with van der Waals surface area (Å²) in [5.41, 5.74) is 10.5. The van der Waals surface area contributed by atoms with Crippen molar-refractivity contribution < 1.29 is 14.7 Å². The Kier molecular flexibility index (Phi) is 5.51. The first kappa shape index (κ1) is 17.5. The van der Waals surface area contributed by atoms with Crippen LogP contribution in [0.3, 0.4) is 0 Å². The number of anilines is 1. The second-order valence-corrected chi connectivity index (χ2v) is 5.40. The quantitative estimate of drug-likeness (QED) is 0.235. The van der Waals surface area contributed by atoms with E-state index in [1.165, 1.54) is 6.92 Å². The number of hydrogen-bond donors (Lipinski definition) is 5. The van der Waals surface area contributed by atoms with Gasteiger partial charge in [0, 0.05) is 11.3 Å². The smallest absolute Gasteiger partial charge is 0.259 e. The first-order chi connectivity index (χ1) is 11.4. The van der Waals surface area contributed by atoms with Crippen LogP contribution in [0.25, 0.3) is 11.1 Å². The summed E-state index contributed by atoms with van der Waals surface area (Å²) in [7, 11) is 0. The van der Waals surface area contributed by atoms with Gasteiger partial charge in [0.1, 0.15) is 6.04 Å². The average Bonchev–Trinajstić information content (AvgIpc) is 2.59. The van der Waals surface area contributed by atoms with Gasteiger partial charge >= 0.3 is 0 Å². The lowest BCUT2D eigenvalue weighted by atomic mass is 10.0. The Bertz CT molecular complexity index is 712. The van der Waals surface area contributed by atoms with Crippen molar-refractivity contribution in [3.8, 4) is 11.1 Å². The predicted molar refractivity (Wildman–Crippen MR) is 91.6 cm³/mol. The maximum absolute atomic E-state index is 12.2. The van der Waals surface area contributed by atoms with Crippen LogP contribution in [0.2, 0.25) is 0 Å². The summed E-state index contributed by atoms with van der Waals surface area (Å²) in [5.74, 6) is 3.90. The van der Waals surface area contributed by atoms with Gasteiger partial charge in [-0.2, -0.15) is 0 Å². The molecule has 0 heterocycles. The summed E-state index contributed by atoms with van der Waals surface area (Å²) in [4.78, 5) is 23.8. The second kappa shape index (κ2) is 7.58. The third-order valence-corrected chi connectivity index (χ3v) is 3.58. The Hall–Kier alpha value is -2.90. The monoisotopic (exact) mass is 328 g/mol. The van der Waals surface area contributed by atoms with Gasteiger partial charge in [-0.05, 0) is 42.3 Å². The number of nitrogens with two attached hydrogens (primary N) is 2. The van der Waals surface area contributed by atoms with E-state index in [-0.39, 0.29) is 0 Å². The van der Waals surface area contributed by atoms with E-state index in [1.807, 2.05) is 17.6 Å². The number of carbonyl (C=O) groups excluding carboxylic acids is 2. The minimum absolute atomic E-state index is 0.365. The molecule has 0 aliphatic carbocycles. The van der Waals surface area contributed by atoms with E-state index in [4.69, 9.17) is 11.6 Å². The Labute approximate surface area is 139 Å². The molecule has 2 atom stereocenters. The van der Waals surface area contributed by atoms with E-state index in [1.54, 1.807) is 36.4 Å². The summed E-state index contributed by atoms with van der Waals surface area (Å²) in [6.07, 6.45) is -1.08. The number of hydrazine groups is 1. The number of aliphatic hydroxyl groups excluding tert-OH is 1. The second-order valence-electron chi connectivity index (χ2n) is 5.40. The Morgan fingerprint density at radius 2 is 1.50 bits per heavy atom. The number of nitrogens with one attached hydrogen (secondary N) is 2. The Balaban J connectivity index is 2.13. The molecule has 0 radical (unpaired) electrons. The minimum atomic E-state index is -1.13. The minimum Gasteiger partial charge on any atom is -0.399 e. The number of aliphatic hydroxyl groups is 1. The fourth-order valence-electron chi connectivity index (χ4n) is 2.21. The predicted octanol–water partition coefficient (Wildman–Crippen LogP) is 0.405. The fourth-order valence-corrected chi connectivity index (χ4v) is 2.21. The van der Waals surface area contributed by atoms with Crippen LogP contribution in [0.1, 0.15) is 17.3 Å². The summed E-state index contributed by atoms with van der Waals surface area (Å²) < 4.78 is 0. The van der Waals surface area contributed by atoms with Crippen LogP contribution in [-0.4, -0.2) is 29.1 Å². The molecule has 2 aromatic rings. The van der Waals surface area contributed by atoms with Gasteiger partial charge < -0.3 is 16.2 Å². The van der Waals surface area contributed by atoms with Crippen molar-refractivity contribution in [2.24, 2.45) is 5.84 Å². The molecule has 126 valence electrons. The lowest BCUT2D eigenvalue weighted by Gasteiger charge is -2.19. The molecule has 7 nitrogen and oxygen atoms in total. The molecule has 0 aliphatic heterocycles. The molecule has 0 fully saturated rings. The molecule has 2 rings (SSSR count). The molecule has 0 spiro atoms. The molecule has 7 heteroatoms. The van der Waals surface area contributed by atoms with Gasteiger partial charge in [-0.25, -0.2) is 5.84 Å². The highest BCUT2D eigenvalue weighted by Gasteiger charge is 2.25. The van der Waals surface area contributed by atoms with Crippen LogP contribution >= 0.6 is 0 Å². The number of hydrogen-bond acceptors (Lipinski definition) is 5.